The van der Waals surface area contributed by atoms with Crippen molar-refractivity contribution in [1.82, 2.24) is 0 Å². The molecule has 0 aromatic carbocycles. The molecule has 0 radical (unpaired) electrons. The second kappa shape index (κ2) is 2.40. The lowest BCUT2D eigenvalue weighted by Gasteiger charge is -1.89. The van der Waals surface area contributed by atoms with Gasteiger partial charge >= 0.3 is 5.91 Å². The number of nitro groups is 1. The molecule has 0 N–H and O–H groups in total. The molecule has 46 valence electrons. The van der Waals surface area contributed by atoms with Gasteiger partial charge in [-0.3, -0.25) is 10.1 Å². The van der Waals surface area contributed by atoms with E-state index in [1.165, 1.54) is 13.8 Å². The highest BCUT2D eigenvalue weighted by Crippen LogP contribution is 1.92. The standard InChI is InChI=1S/C4H7NO3/c1-3(2)4(6)5(7)8/h3H,1-2H3. The molecule has 0 aromatic rings. The number of carbonyl (C=O) groups is 1. The molecule has 0 saturated carbocycles. The van der Waals surface area contributed by atoms with Crippen LogP contribution in [0.5, 0.6) is 0 Å². The van der Waals surface area contributed by atoms with Crippen LogP contribution in [0.25, 0.3) is 0 Å². The predicted molar refractivity (Wildman–Crippen MR) is 26.8 cm³/mol. The SMILES string of the molecule is CC(C)C(=O)[N+](=O)[O-]. The molecular weight excluding hydrogens is 110 g/mol. The Morgan fingerprint density at radius 3 is 2.00 bits per heavy atom. The van der Waals surface area contributed by atoms with Gasteiger partial charge < -0.3 is 0 Å². The van der Waals surface area contributed by atoms with Crippen LogP contribution in [0.3, 0.4) is 0 Å². The maximum atomic E-state index is 10.1. The van der Waals surface area contributed by atoms with Gasteiger partial charge in [-0.25, -0.2) is 4.79 Å². The van der Waals surface area contributed by atoms with E-state index in [2.05, 4.69) is 0 Å². The molecule has 4 heteroatoms. The molecule has 0 heterocycles. The fraction of sp³-hybridized carbons (Fsp3) is 0.750. The quantitative estimate of drug-likeness (QED) is 0.370. The number of nitrogens with zero attached hydrogens (tertiary/aromatic N) is 1. The van der Waals surface area contributed by atoms with E-state index in [4.69, 9.17) is 0 Å². The van der Waals surface area contributed by atoms with Gasteiger partial charge in [-0.15, -0.1) is 0 Å². The van der Waals surface area contributed by atoms with Gasteiger partial charge in [0, 0.05) is 0 Å². The monoisotopic (exact) mass is 117 g/mol. The van der Waals surface area contributed by atoms with Crippen molar-refractivity contribution in [2.75, 3.05) is 0 Å². The third kappa shape index (κ3) is 1.68. The second-order valence-corrected chi connectivity index (χ2v) is 1.75. The third-order valence-electron chi connectivity index (χ3n) is 0.674. The summed E-state index contributed by atoms with van der Waals surface area (Å²) < 4.78 is 0. The van der Waals surface area contributed by atoms with E-state index in [9.17, 15) is 14.9 Å². The Hall–Kier alpha value is -0.930. The summed E-state index contributed by atoms with van der Waals surface area (Å²) in [5.74, 6) is -1.42. The highest BCUT2D eigenvalue weighted by atomic mass is 16.6. The van der Waals surface area contributed by atoms with Gasteiger partial charge in [0.2, 0.25) is 0 Å². The molecule has 0 spiro atoms. The van der Waals surface area contributed by atoms with Crippen LogP contribution in [0.2, 0.25) is 0 Å². The van der Waals surface area contributed by atoms with Gasteiger partial charge in [0.05, 0.1) is 5.92 Å². The Bertz CT molecular complexity index is 118. The summed E-state index contributed by atoms with van der Waals surface area (Å²) in [6, 6.07) is 0. The van der Waals surface area contributed by atoms with Crippen LogP contribution in [-0.2, 0) is 4.79 Å². The molecule has 0 aromatic heterocycles. The summed E-state index contributed by atoms with van der Waals surface area (Å²) in [6.07, 6.45) is 0. The van der Waals surface area contributed by atoms with E-state index >= 15 is 0 Å². The summed E-state index contributed by atoms with van der Waals surface area (Å²) >= 11 is 0. The molecule has 0 saturated heterocycles. The molecule has 0 atom stereocenters. The van der Waals surface area contributed by atoms with Crippen molar-refractivity contribution < 1.29 is 9.72 Å². The molecule has 0 bridgehead atoms. The topological polar surface area (TPSA) is 60.2 Å². The Balaban J connectivity index is 3.84. The van der Waals surface area contributed by atoms with E-state index in [1.807, 2.05) is 0 Å². The molecule has 0 unspecified atom stereocenters. The van der Waals surface area contributed by atoms with Crippen LogP contribution < -0.4 is 0 Å². The predicted octanol–water partition coefficient (Wildman–Crippen LogP) is 0.446. The first-order valence-electron chi connectivity index (χ1n) is 2.24. The van der Waals surface area contributed by atoms with Crippen LogP contribution in [-0.4, -0.2) is 10.8 Å². The molecule has 0 aliphatic heterocycles. The summed E-state index contributed by atoms with van der Waals surface area (Å²) in [4.78, 5) is 18.8. The Morgan fingerprint density at radius 1 is 1.62 bits per heavy atom. The zero-order valence-electron chi connectivity index (χ0n) is 4.75. The van der Waals surface area contributed by atoms with Gasteiger partial charge in [-0.2, -0.15) is 0 Å². The van der Waals surface area contributed by atoms with Crippen LogP contribution >= 0.6 is 0 Å². The lowest BCUT2D eigenvalue weighted by atomic mass is 10.2. The van der Waals surface area contributed by atoms with Gasteiger partial charge in [-0.05, 0) is 13.8 Å². The smallest absolute Gasteiger partial charge is 0.256 e. The van der Waals surface area contributed by atoms with E-state index in [-0.39, 0.29) is 0 Å². The number of hydrogen-bond acceptors (Lipinski definition) is 3. The molecular formula is C4H7NO3. The molecule has 0 fully saturated rings. The first kappa shape index (κ1) is 7.07. The van der Waals surface area contributed by atoms with Crippen molar-refractivity contribution in [2.45, 2.75) is 13.8 Å². The van der Waals surface area contributed by atoms with E-state index in [0.29, 0.717) is 0 Å². The molecule has 4 nitrogen and oxygen atoms in total. The Kier molecular flexibility index (Phi) is 2.12. The minimum absolute atomic E-state index is 0.495. The fourth-order valence-corrected chi connectivity index (χ4v) is 0.211. The lowest BCUT2D eigenvalue weighted by molar-refractivity contribution is -0.405. The maximum Gasteiger partial charge on any atom is 0.447 e. The zero-order chi connectivity index (χ0) is 6.73. The molecule has 8 heavy (non-hydrogen) atoms. The maximum absolute atomic E-state index is 10.1. The molecule has 0 aliphatic carbocycles. The Morgan fingerprint density at radius 2 is 2.00 bits per heavy atom. The minimum Gasteiger partial charge on any atom is -0.256 e. The number of carbonyl (C=O) groups excluding carboxylic acids is 1. The number of hydrogen-bond donors (Lipinski definition) is 0. The first-order valence-corrected chi connectivity index (χ1v) is 2.24. The van der Waals surface area contributed by atoms with Crippen LogP contribution in [0, 0.1) is 16.0 Å². The van der Waals surface area contributed by atoms with Crippen LogP contribution in [0.1, 0.15) is 13.8 Å². The van der Waals surface area contributed by atoms with E-state index in [1.54, 1.807) is 0 Å². The zero-order valence-corrected chi connectivity index (χ0v) is 4.75. The largest absolute Gasteiger partial charge is 0.447 e. The van der Waals surface area contributed by atoms with Crippen LogP contribution in [0.15, 0.2) is 0 Å². The Labute approximate surface area is 46.6 Å². The average Bonchev–Trinajstić information content (AvgIpc) is 1.64. The first-order chi connectivity index (χ1) is 3.55. The van der Waals surface area contributed by atoms with Gasteiger partial charge in [-0.1, -0.05) is 0 Å². The second-order valence-electron chi connectivity index (χ2n) is 1.75. The summed E-state index contributed by atoms with van der Waals surface area (Å²) in [5, 5.41) is 9.60. The fourth-order valence-electron chi connectivity index (χ4n) is 0.211. The third-order valence-corrected chi connectivity index (χ3v) is 0.674. The lowest BCUT2D eigenvalue weighted by Crippen LogP contribution is -2.17. The highest BCUT2D eigenvalue weighted by Gasteiger charge is 2.18. The van der Waals surface area contributed by atoms with E-state index in [0.717, 1.165) is 0 Å². The molecule has 0 aliphatic rings. The minimum atomic E-state index is -0.926. The number of rotatable bonds is 1. The highest BCUT2D eigenvalue weighted by molar-refractivity contribution is 5.69. The normalized spacial score (nSPS) is 9.38. The van der Waals surface area contributed by atoms with Gasteiger partial charge in [0.15, 0.2) is 0 Å². The van der Waals surface area contributed by atoms with E-state index < -0.39 is 16.7 Å². The van der Waals surface area contributed by atoms with Crippen molar-refractivity contribution in [3.63, 3.8) is 0 Å². The van der Waals surface area contributed by atoms with Crippen molar-refractivity contribution >= 4 is 5.91 Å². The van der Waals surface area contributed by atoms with Crippen molar-refractivity contribution in [3.8, 4) is 0 Å². The van der Waals surface area contributed by atoms with Crippen LogP contribution in [0.4, 0.5) is 0 Å². The average molecular weight is 117 g/mol. The molecule has 0 rings (SSSR count). The summed E-state index contributed by atoms with van der Waals surface area (Å²) in [6.45, 7) is 2.98. The summed E-state index contributed by atoms with van der Waals surface area (Å²) in [5.41, 5.74) is 0. The number of amides is 1. The van der Waals surface area contributed by atoms with Crippen molar-refractivity contribution in [3.05, 3.63) is 10.1 Å². The van der Waals surface area contributed by atoms with Crippen molar-refractivity contribution in [1.29, 1.82) is 0 Å². The van der Waals surface area contributed by atoms with Gasteiger partial charge in [0.25, 0.3) is 0 Å². The molecule has 1 amide bonds. The van der Waals surface area contributed by atoms with Gasteiger partial charge in [0.1, 0.15) is 4.92 Å². The van der Waals surface area contributed by atoms with Crippen molar-refractivity contribution in [2.24, 2.45) is 5.92 Å². The summed E-state index contributed by atoms with van der Waals surface area (Å²) in [7, 11) is 0.